The Morgan fingerprint density at radius 2 is 2.38 bits per heavy atom. The summed E-state index contributed by atoms with van der Waals surface area (Å²) in [7, 11) is 0. The molecule has 2 atom stereocenters. The topological polar surface area (TPSA) is 44.7 Å². The Balaban J connectivity index is 2.32. The Bertz CT molecular complexity index is 172. The van der Waals surface area contributed by atoms with E-state index in [-0.39, 0.29) is 6.61 Å². The molecule has 1 aliphatic heterocycles. The molecule has 0 radical (unpaired) electrons. The first-order chi connectivity index (χ1) is 7.77. The molecule has 0 aromatic heterocycles. The summed E-state index contributed by atoms with van der Waals surface area (Å²) in [6.07, 6.45) is 2.53. The van der Waals surface area contributed by atoms with Crippen molar-refractivity contribution in [1.82, 2.24) is 10.2 Å². The van der Waals surface area contributed by atoms with E-state index in [0.717, 1.165) is 32.8 Å². The van der Waals surface area contributed by atoms with Gasteiger partial charge in [0.25, 0.3) is 0 Å². The predicted molar refractivity (Wildman–Crippen MR) is 65.6 cm³/mol. The summed E-state index contributed by atoms with van der Waals surface area (Å²) in [6.45, 7) is 8.83. The van der Waals surface area contributed by atoms with E-state index < -0.39 is 0 Å². The molecule has 1 rings (SSSR count). The number of ether oxygens (including phenoxy) is 1. The van der Waals surface area contributed by atoms with Crippen LogP contribution in [0.5, 0.6) is 0 Å². The van der Waals surface area contributed by atoms with Gasteiger partial charge in [-0.1, -0.05) is 0 Å². The van der Waals surface area contributed by atoms with E-state index >= 15 is 0 Å². The van der Waals surface area contributed by atoms with Gasteiger partial charge in [-0.25, -0.2) is 0 Å². The van der Waals surface area contributed by atoms with Crippen molar-refractivity contribution in [2.75, 3.05) is 39.5 Å². The Labute approximate surface area is 99.0 Å². The van der Waals surface area contributed by atoms with E-state index in [1.807, 2.05) is 6.92 Å². The summed E-state index contributed by atoms with van der Waals surface area (Å²) in [5.74, 6) is 0. The maximum atomic E-state index is 9.08. The van der Waals surface area contributed by atoms with Crippen LogP contribution in [0.25, 0.3) is 0 Å². The molecule has 0 bridgehead atoms. The Kier molecular flexibility index (Phi) is 6.96. The lowest BCUT2D eigenvalue weighted by atomic mass is 10.2. The smallest absolute Gasteiger partial charge is 0.0619 e. The van der Waals surface area contributed by atoms with Crippen LogP contribution in [0.15, 0.2) is 0 Å². The average molecular weight is 230 g/mol. The normalized spacial score (nSPS) is 22.9. The summed E-state index contributed by atoms with van der Waals surface area (Å²) in [6, 6.07) is 0.977. The minimum atomic E-state index is 0.225. The van der Waals surface area contributed by atoms with Gasteiger partial charge in [0.05, 0.1) is 13.2 Å². The highest BCUT2D eigenvalue weighted by atomic mass is 16.5. The summed E-state index contributed by atoms with van der Waals surface area (Å²) in [5, 5.41) is 12.6. The van der Waals surface area contributed by atoms with Crippen LogP contribution in [-0.2, 0) is 4.74 Å². The lowest BCUT2D eigenvalue weighted by molar-refractivity contribution is 0.0600. The van der Waals surface area contributed by atoms with Crippen molar-refractivity contribution in [3.63, 3.8) is 0 Å². The second-order valence-electron chi connectivity index (χ2n) is 4.52. The highest BCUT2D eigenvalue weighted by molar-refractivity contribution is 4.80. The first-order valence-electron chi connectivity index (χ1n) is 6.44. The third-order valence-electron chi connectivity index (χ3n) is 3.19. The molecule has 16 heavy (non-hydrogen) atoms. The molecule has 0 aromatic carbocycles. The van der Waals surface area contributed by atoms with Gasteiger partial charge in [0.1, 0.15) is 0 Å². The summed E-state index contributed by atoms with van der Waals surface area (Å²) in [4.78, 5) is 2.32. The van der Waals surface area contributed by atoms with Crippen molar-refractivity contribution in [3.8, 4) is 0 Å². The van der Waals surface area contributed by atoms with E-state index in [0.29, 0.717) is 12.1 Å². The molecular formula is C12H26N2O2. The van der Waals surface area contributed by atoms with Gasteiger partial charge in [0, 0.05) is 31.8 Å². The fraction of sp³-hybridized carbons (Fsp3) is 1.00. The number of hydrogen-bond donors (Lipinski definition) is 2. The SMILES string of the molecule is CCOCC(C)N(CCO)CC1CCCN1. The minimum Gasteiger partial charge on any atom is -0.395 e. The highest BCUT2D eigenvalue weighted by Crippen LogP contribution is 2.09. The second-order valence-corrected chi connectivity index (χ2v) is 4.52. The molecule has 2 N–H and O–H groups in total. The molecule has 2 unspecified atom stereocenters. The van der Waals surface area contributed by atoms with Crippen LogP contribution in [0.4, 0.5) is 0 Å². The molecule has 4 heteroatoms. The maximum absolute atomic E-state index is 9.08. The van der Waals surface area contributed by atoms with Gasteiger partial charge in [-0.2, -0.15) is 0 Å². The summed E-state index contributed by atoms with van der Waals surface area (Å²) >= 11 is 0. The van der Waals surface area contributed by atoms with E-state index in [9.17, 15) is 0 Å². The number of nitrogens with zero attached hydrogens (tertiary/aromatic N) is 1. The number of hydrogen-bond acceptors (Lipinski definition) is 4. The fourth-order valence-electron chi connectivity index (χ4n) is 2.21. The van der Waals surface area contributed by atoms with Crippen molar-refractivity contribution < 1.29 is 9.84 Å². The van der Waals surface area contributed by atoms with Crippen LogP contribution < -0.4 is 5.32 Å². The number of aliphatic hydroxyl groups excluding tert-OH is 1. The molecule has 96 valence electrons. The lowest BCUT2D eigenvalue weighted by Gasteiger charge is -2.30. The zero-order chi connectivity index (χ0) is 11.8. The number of rotatable bonds is 8. The molecule has 0 amide bonds. The van der Waals surface area contributed by atoms with Gasteiger partial charge in [-0.3, -0.25) is 4.90 Å². The third kappa shape index (κ3) is 4.78. The van der Waals surface area contributed by atoms with Crippen LogP contribution in [0.1, 0.15) is 26.7 Å². The molecule has 0 saturated carbocycles. The Hall–Kier alpha value is -0.160. The highest BCUT2D eigenvalue weighted by Gasteiger charge is 2.20. The molecule has 1 aliphatic rings. The van der Waals surface area contributed by atoms with E-state index in [1.54, 1.807) is 0 Å². The Morgan fingerprint density at radius 3 is 2.94 bits per heavy atom. The van der Waals surface area contributed by atoms with E-state index in [4.69, 9.17) is 9.84 Å². The first-order valence-corrected chi connectivity index (χ1v) is 6.44. The van der Waals surface area contributed by atoms with Crippen molar-refractivity contribution in [1.29, 1.82) is 0 Å². The van der Waals surface area contributed by atoms with Crippen LogP contribution in [-0.4, -0.2) is 61.5 Å². The van der Waals surface area contributed by atoms with Crippen molar-refractivity contribution in [2.24, 2.45) is 0 Å². The molecule has 4 nitrogen and oxygen atoms in total. The van der Waals surface area contributed by atoms with Crippen LogP contribution >= 0.6 is 0 Å². The molecule has 0 spiro atoms. The van der Waals surface area contributed by atoms with Crippen LogP contribution in [0.2, 0.25) is 0 Å². The number of aliphatic hydroxyl groups is 1. The minimum absolute atomic E-state index is 0.225. The van der Waals surface area contributed by atoms with Gasteiger partial charge < -0.3 is 15.2 Å². The summed E-state index contributed by atoms with van der Waals surface area (Å²) in [5.41, 5.74) is 0. The molecule has 1 heterocycles. The maximum Gasteiger partial charge on any atom is 0.0619 e. The van der Waals surface area contributed by atoms with Gasteiger partial charge in [-0.15, -0.1) is 0 Å². The standard InChI is InChI=1S/C12H26N2O2/c1-3-16-10-11(2)14(7-8-15)9-12-5-4-6-13-12/h11-13,15H,3-10H2,1-2H3. The fourth-order valence-corrected chi connectivity index (χ4v) is 2.21. The van der Waals surface area contributed by atoms with E-state index in [2.05, 4.69) is 17.1 Å². The quantitative estimate of drug-likeness (QED) is 0.636. The molecule has 0 aromatic rings. The second kappa shape index (κ2) is 8.01. The number of nitrogens with one attached hydrogen (secondary N) is 1. The van der Waals surface area contributed by atoms with Gasteiger partial charge in [0.15, 0.2) is 0 Å². The zero-order valence-corrected chi connectivity index (χ0v) is 10.6. The molecule has 0 aliphatic carbocycles. The largest absolute Gasteiger partial charge is 0.395 e. The zero-order valence-electron chi connectivity index (χ0n) is 10.6. The van der Waals surface area contributed by atoms with Gasteiger partial charge >= 0.3 is 0 Å². The van der Waals surface area contributed by atoms with Crippen molar-refractivity contribution >= 4 is 0 Å². The molecule has 1 saturated heterocycles. The van der Waals surface area contributed by atoms with Gasteiger partial charge in [-0.05, 0) is 33.2 Å². The van der Waals surface area contributed by atoms with E-state index in [1.165, 1.54) is 12.8 Å². The first kappa shape index (κ1) is 13.9. The lowest BCUT2D eigenvalue weighted by Crippen LogP contribution is -2.45. The third-order valence-corrected chi connectivity index (χ3v) is 3.19. The predicted octanol–water partition coefficient (Wildman–Crippen LogP) is 0.458. The average Bonchev–Trinajstić information content (AvgIpc) is 2.78. The molecule has 1 fully saturated rings. The van der Waals surface area contributed by atoms with Crippen LogP contribution in [0.3, 0.4) is 0 Å². The van der Waals surface area contributed by atoms with Crippen molar-refractivity contribution in [2.45, 2.75) is 38.8 Å². The van der Waals surface area contributed by atoms with Crippen molar-refractivity contribution in [3.05, 3.63) is 0 Å². The van der Waals surface area contributed by atoms with Gasteiger partial charge in [0.2, 0.25) is 0 Å². The Morgan fingerprint density at radius 1 is 1.56 bits per heavy atom. The summed E-state index contributed by atoms with van der Waals surface area (Å²) < 4.78 is 5.44. The van der Waals surface area contributed by atoms with Crippen LogP contribution in [0, 0.1) is 0 Å². The molecular weight excluding hydrogens is 204 g/mol. The monoisotopic (exact) mass is 230 g/mol.